The number of amides is 1. The molecule has 0 bridgehead atoms. The summed E-state index contributed by atoms with van der Waals surface area (Å²) in [5.74, 6) is 1.33. The number of hydrazone groups is 1. The Balaban J connectivity index is 1.87. The first-order chi connectivity index (χ1) is 13.7. The summed E-state index contributed by atoms with van der Waals surface area (Å²) in [6.45, 7) is 5.64. The fourth-order valence-electron chi connectivity index (χ4n) is 3.18. The molecule has 0 saturated heterocycles. The number of nitrogens with one attached hydrogen (secondary N) is 1. The fraction of sp³-hybridized carbons (Fsp3) is 0.364. The third-order valence-electron chi connectivity index (χ3n) is 4.53. The Kier molecular flexibility index (Phi) is 6.53. The number of rotatable bonds is 7. The first-order valence-corrected chi connectivity index (χ1v) is 9.73. The van der Waals surface area contributed by atoms with Gasteiger partial charge in [0.05, 0.1) is 18.9 Å². The van der Waals surface area contributed by atoms with Crippen LogP contribution in [0.15, 0.2) is 47.6 Å². The molecule has 28 heavy (non-hydrogen) atoms. The van der Waals surface area contributed by atoms with Crippen LogP contribution in [0, 0.1) is 0 Å². The van der Waals surface area contributed by atoms with E-state index in [0.717, 1.165) is 35.6 Å². The number of anilines is 1. The molecule has 1 aliphatic heterocycles. The quantitative estimate of drug-likeness (QED) is 0.782. The maximum Gasteiger partial charge on any atom is 0.274 e. The van der Waals surface area contributed by atoms with Gasteiger partial charge < -0.3 is 14.8 Å². The summed E-state index contributed by atoms with van der Waals surface area (Å²) < 4.78 is 11.4. The molecule has 6 nitrogen and oxygen atoms in total. The molecule has 0 saturated carbocycles. The first kappa shape index (κ1) is 19.7. The maximum absolute atomic E-state index is 12.9. The lowest BCUT2D eigenvalue weighted by molar-refractivity contribution is 0.0751. The number of carbonyl (C=O) groups is 1. The highest BCUT2D eigenvalue weighted by atomic mass is 16.5. The number of nitrogens with zero attached hydrogens (tertiary/aromatic N) is 2. The molecule has 0 aromatic heterocycles. The Bertz CT molecular complexity index is 864. The summed E-state index contributed by atoms with van der Waals surface area (Å²) in [7, 11) is 1.84. The van der Waals surface area contributed by atoms with Crippen molar-refractivity contribution in [1.82, 2.24) is 5.01 Å². The van der Waals surface area contributed by atoms with Crippen molar-refractivity contribution in [2.24, 2.45) is 5.10 Å². The molecular formula is C22H27N3O3. The molecule has 1 N–H and O–H groups in total. The zero-order valence-electron chi connectivity index (χ0n) is 16.7. The van der Waals surface area contributed by atoms with Crippen LogP contribution in [0.25, 0.3) is 0 Å². The summed E-state index contributed by atoms with van der Waals surface area (Å²) in [5.41, 5.74) is 3.36. The molecule has 0 fully saturated rings. The molecule has 1 amide bonds. The molecule has 0 atom stereocenters. The normalized spacial score (nSPS) is 13.7. The highest BCUT2D eigenvalue weighted by Crippen LogP contribution is 2.30. The van der Waals surface area contributed by atoms with E-state index in [1.807, 2.05) is 63.4 Å². The van der Waals surface area contributed by atoms with Gasteiger partial charge in [-0.1, -0.05) is 6.07 Å². The van der Waals surface area contributed by atoms with Crippen LogP contribution in [0.3, 0.4) is 0 Å². The van der Waals surface area contributed by atoms with Crippen molar-refractivity contribution in [2.45, 2.75) is 26.7 Å². The predicted octanol–water partition coefficient (Wildman–Crippen LogP) is 4.17. The minimum Gasteiger partial charge on any atom is -0.490 e. The minimum absolute atomic E-state index is 0.0923. The molecule has 2 aromatic carbocycles. The van der Waals surface area contributed by atoms with Gasteiger partial charge in [-0.2, -0.15) is 5.10 Å². The molecule has 1 heterocycles. The predicted molar refractivity (Wildman–Crippen MR) is 112 cm³/mol. The van der Waals surface area contributed by atoms with Gasteiger partial charge in [0.15, 0.2) is 11.5 Å². The molecule has 0 unspecified atom stereocenters. The van der Waals surface area contributed by atoms with E-state index in [2.05, 4.69) is 10.4 Å². The molecule has 148 valence electrons. The number of carbonyl (C=O) groups excluding carboxylic acids is 1. The zero-order valence-corrected chi connectivity index (χ0v) is 16.7. The average molecular weight is 381 g/mol. The summed E-state index contributed by atoms with van der Waals surface area (Å²) >= 11 is 0. The van der Waals surface area contributed by atoms with Crippen molar-refractivity contribution in [3.8, 4) is 11.5 Å². The van der Waals surface area contributed by atoms with E-state index in [4.69, 9.17) is 9.47 Å². The second-order valence-electron chi connectivity index (χ2n) is 6.44. The van der Waals surface area contributed by atoms with E-state index in [9.17, 15) is 4.79 Å². The summed E-state index contributed by atoms with van der Waals surface area (Å²) in [6, 6.07) is 13.3. The van der Waals surface area contributed by atoms with Crippen LogP contribution >= 0.6 is 0 Å². The number of benzene rings is 2. The largest absolute Gasteiger partial charge is 0.490 e. The number of hydrogen-bond acceptors (Lipinski definition) is 5. The fourth-order valence-corrected chi connectivity index (χ4v) is 3.18. The van der Waals surface area contributed by atoms with Crippen LogP contribution in [0.2, 0.25) is 0 Å². The van der Waals surface area contributed by atoms with Crippen LogP contribution in [0.1, 0.15) is 42.6 Å². The summed E-state index contributed by atoms with van der Waals surface area (Å²) in [5, 5.41) is 9.27. The van der Waals surface area contributed by atoms with Crippen LogP contribution in [-0.4, -0.2) is 43.4 Å². The van der Waals surface area contributed by atoms with Crippen molar-refractivity contribution in [3.05, 3.63) is 53.6 Å². The van der Waals surface area contributed by atoms with Crippen LogP contribution < -0.4 is 14.8 Å². The third-order valence-corrected chi connectivity index (χ3v) is 4.53. The monoisotopic (exact) mass is 381 g/mol. The van der Waals surface area contributed by atoms with E-state index >= 15 is 0 Å². The minimum atomic E-state index is -0.0923. The van der Waals surface area contributed by atoms with Crippen LogP contribution in [0.5, 0.6) is 11.5 Å². The van der Waals surface area contributed by atoms with Gasteiger partial charge in [0.25, 0.3) is 5.91 Å². The van der Waals surface area contributed by atoms with Gasteiger partial charge in [-0.15, -0.1) is 0 Å². The van der Waals surface area contributed by atoms with E-state index in [0.29, 0.717) is 31.1 Å². The first-order valence-electron chi connectivity index (χ1n) is 9.73. The Morgan fingerprint density at radius 2 is 1.89 bits per heavy atom. The molecule has 6 heteroatoms. The van der Waals surface area contributed by atoms with E-state index < -0.39 is 0 Å². The molecule has 0 spiro atoms. The van der Waals surface area contributed by atoms with Gasteiger partial charge in [0.2, 0.25) is 0 Å². The highest BCUT2D eigenvalue weighted by Gasteiger charge is 2.21. The Morgan fingerprint density at radius 3 is 2.64 bits per heavy atom. The highest BCUT2D eigenvalue weighted by molar-refractivity contribution is 6.03. The third kappa shape index (κ3) is 4.44. The number of hydrogen-bond donors (Lipinski definition) is 1. The van der Waals surface area contributed by atoms with E-state index in [1.54, 1.807) is 5.01 Å². The van der Waals surface area contributed by atoms with Crippen LogP contribution in [-0.2, 0) is 0 Å². The van der Waals surface area contributed by atoms with Gasteiger partial charge in [0.1, 0.15) is 0 Å². The Morgan fingerprint density at radius 1 is 1.11 bits per heavy atom. The van der Waals surface area contributed by atoms with E-state index in [1.165, 1.54) is 0 Å². The van der Waals surface area contributed by atoms with Gasteiger partial charge >= 0.3 is 0 Å². The Labute approximate surface area is 166 Å². The summed E-state index contributed by atoms with van der Waals surface area (Å²) in [6.07, 6.45) is 1.69. The zero-order chi connectivity index (χ0) is 19.9. The second-order valence-corrected chi connectivity index (χ2v) is 6.44. The molecule has 0 radical (unpaired) electrons. The van der Waals surface area contributed by atoms with Crippen molar-refractivity contribution in [2.75, 3.05) is 32.1 Å². The van der Waals surface area contributed by atoms with Gasteiger partial charge in [-0.05, 0) is 63.1 Å². The average Bonchev–Trinajstić information content (AvgIpc) is 2.75. The molecule has 2 aromatic rings. The topological polar surface area (TPSA) is 63.2 Å². The second kappa shape index (κ2) is 9.26. The maximum atomic E-state index is 12.9. The van der Waals surface area contributed by atoms with Crippen molar-refractivity contribution in [3.63, 3.8) is 0 Å². The van der Waals surface area contributed by atoms with Gasteiger partial charge in [-0.3, -0.25) is 4.79 Å². The van der Waals surface area contributed by atoms with Crippen molar-refractivity contribution in [1.29, 1.82) is 0 Å². The molecule has 3 rings (SSSR count). The lowest BCUT2D eigenvalue weighted by Crippen LogP contribution is -2.32. The van der Waals surface area contributed by atoms with Crippen LogP contribution in [0.4, 0.5) is 5.69 Å². The SMILES string of the molecule is CCOc1ccc(C2=NN(C(=O)c3cccc(NC)c3)CCC2)cc1OCC. The Hall–Kier alpha value is -3.02. The summed E-state index contributed by atoms with van der Waals surface area (Å²) in [4.78, 5) is 12.9. The molecule has 1 aliphatic rings. The lowest BCUT2D eigenvalue weighted by atomic mass is 10.0. The van der Waals surface area contributed by atoms with E-state index in [-0.39, 0.29) is 5.91 Å². The van der Waals surface area contributed by atoms with Crippen molar-refractivity contribution >= 4 is 17.3 Å². The smallest absolute Gasteiger partial charge is 0.274 e. The van der Waals surface area contributed by atoms with Crippen molar-refractivity contribution < 1.29 is 14.3 Å². The lowest BCUT2D eigenvalue weighted by Gasteiger charge is -2.24. The molecular weight excluding hydrogens is 354 g/mol. The van der Waals surface area contributed by atoms with Gasteiger partial charge in [-0.25, -0.2) is 5.01 Å². The molecule has 0 aliphatic carbocycles. The standard InChI is InChI=1S/C22H27N3O3/c1-4-27-20-12-11-16(15-21(20)28-5-2)19-10-7-13-25(24-19)22(26)17-8-6-9-18(14-17)23-3/h6,8-9,11-12,14-15,23H,4-5,7,10,13H2,1-3H3. The van der Waals surface area contributed by atoms with Gasteiger partial charge in [0, 0.05) is 30.4 Å². The number of ether oxygens (including phenoxy) is 2.